The summed E-state index contributed by atoms with van der Waals surface area (Å²) in [5.74, 6) is -3.67. The van der Waals surface area contributed by atoms with E-state index in [-0.39, 0.29) is 0 Å². The topological polar surface area (TPSA) is 71.1 Å². The van der Waals surface area contributed by atoms with E-state index in [0.717, 1.165) is 44.6 Å². The summed E-state index contributed by atoms with van der Waals surface area (Å²) >= 11 is 1.56. The van der Waals surface area contributed by atoms with Gasteiger partial charge in [0.1, 0.15) is 16.6 Å². The maximum absolute atomic E-state index is 13.6. The van der Waals surface area contributed by atoms with Crippen LogP contribution in [0.25, 0.3) is 20.8 Å². The van der Waals surface area contributed by atoms with E-state index in [9.17, 15) is 18.4 Å². The predicted octanol–water partition coefficient (Wildman–Crippen LogP) is 5.13. The lowest BCUT2D eigenvalue weighted by Gasteiger charge is -2.08. The van der Waals surface area contributed by atoms with Crippen LogP contribution in [-0.2, 0) is 9.59 Å². The first-order valence-electron chi connectivity index (χ1n) is 8.94. The molecule has 0 atom stereocenters. The van der Waals surface area contributed by atoms with E-state index in [1.165, 1.54) is 0 Å². The minimum atomic E-state index is -1.11. The molecule has 5 nitrogen and oxygen atoms in total. The Morgan fingerprint density at radius 1 is 0.900 bits per heavy atom. The van der Waals surface area contributed by atoms with Gasteiger partial charge in [-0.25, -0.2) is 13.8 Å². The van der Waals surface area contributed by atoms with Crippen LogP contribution in [0.5, 0.6) is 0 Å². The normalized spacial score (nSPS) is 10.8. The summed E-state index contributed by atoms with van der Waals surface area (Å²) in [5, 5.41) is 5.32. The van der Waals surface area contributed by atoms with Crippen LogP contribution in [0, 0.1) is 18.6 Å². The third kappa shape index (κ3) is 4.18. The molecule has 0 unspecified atom stereocenters. The fraction of sp³-hybridized carbons (Fsp3) is 0.0455. The molecule has 3 aromatic carbocycles. The number of halogens is 2. The fourth-order valence-electron chi connectivity index (χ4n) is 2.81. The first-order chi connectivity index (χ1) is 14.4. The Kier molecular flexibility index (Phi) is 5.24. The average Bonchev–Trinajstić information content (AvgIpc) is 3.14. The molecule has 0 saturated carbocycles. The van der Waals surface area contributed by atoms with Crippen LogP contribution in [0.1, 0.15) is 5.56 Å². The molecule has 0 radical (unpaired) electrons. The van der Waals surface area contributed by atoms with Crippen LogP contribution >= 0.6 is 11.3 Å². The molecular weight excluding hydrogens is 408 g/mol. The highest BCUT2D eigenvalue weighted by Crippen LogP contribution is 2.31. The Morgan fingerprint density at radius 3 is 2.40 bits per heavy atom. The summed E-state index contributed by atoms with van der Waals surface area (Å²) in [6, 6.07) is 15.5. The SMILES string of the molecule is Cc1ccc2nc(-c3ccc(NC(=O)C(=O)Nc4cc(F)ccc4F)cc3)sc2c1. The molecule has 1 aromatic heterocycles. The molecule has 2 N–H and O–H groups in total. The lowest BCUT2D eigenvalue weighted by molar-refractivity contribution is -0.133. The van der Waals surface area contributed by atoms with Crippen LogP contribution in [0.15, 0.2) is 60.7 Å². The third-order valence-electron chi connectivity index (χ3n) is 4.32. The largest absolute Gasteiger partial charge is 0.318 e. The van der Waals surface area contributed by atoms with Crippen LogP contribution < -0.4 is 10.6 Å². The number of rotatable bonds is 3. The Balaban J connectivity index is 1.45. The second-order valence-electron chi connectivity index (χ2n) is 6.60. The lowest BCUT2D eigenvalue weighted by Crippen LogP contribution is -2.29. The van der Waals surface area contributed by atoms with Crippen molar-refractivity contribution in [3.63, 3.8) is 0 Å². The average molecular weight is 423 g/mol. The summed E-state index contributed by atoms with van der Waals surface area (Å²) < 4.78 is 27.9. The molecule has 0 saturated heterocycles. The first kappa shape index (κ1) is 19.7. The molecule has 0 aliphatic heterocycles. The number of amides is 2. The second kappa shape index (κ2) is 8.00. The number of carbonyl (C=O) groups excluding carboxylic acids is 2. The van der Waals surface area contributed by atoms with E-state index < -0.39 is 29.1 Å². The van der Waals surface area contributed by atoms with E-state index in [1.54, 1.807) is 35.6 Å². The highest BCUT2D eigenvalue weighted by molar-refractivity contribution is 7.21. The number of thiazole rings is 1. The quantitative estimate of drug-likeness (QED) is 0.449. The van der Waals surface area contributed by atoms with Crippen molar-refractivity contribution in [1.82, 2.24) is 4.98 Å². The van der Waals surface area contributed by atoms with Gasteiger partial charge >= 0.3 is 11.8 Å². The van der Waals surface area contributed by atoms with Gasteiger partial charge in [-0.3, -0.25) is 9.59 Å². The lowest BCUT2D eigenvalue weighted by atomic mass is 10.2. The van der Waals surface area contributed by atoms with Crippen molar-refractivity contribution < 1.29 is 18.4 Å². The summed E-state index contributed by atoms with van der Waals surface area (Å²) in [6.45, 7) is 2.02. The Labute approximate surface area is 174 Å². The summed E-state index contributed by atoms with van der Waals surface area (Å²) in [7, 11) is 0. The van der Waals surface area contributed by atoms with Gasteiger partial charge in [-0.05, 0) is 61.0 Å². The van der Waals surface area contributed by atoms with Gasteiger partial charge in [-0.1, -0.05) is 6.07 Å². The molecule has 2 amide bonds. The number of nitrogens with zero attached hydrogens (tertiary/aromatic N) is 1. The van der Waals surface area contributed by atoms with Gasteiger partial charge in [-0.15, -0.1) is 11.3 Å². The maximum Gasteiger partial charge on any atom is 0.314 e. The molecule has 1 heterocycles. The van der Waals surface area contributed by atoms with Crippen LogP contribution in [0.4, 0.5) is 20.2 Å². The predicted molar refractivity (Wildman–Crippen MR) is 113 cm³/mol. The standard InChI is InChI=1S/C22H15F2N3O2S/c1-12-2-9-17-19(10-12)30-22(27-17)13-3-6-15(7-4-13)25-20(28)21(29)26-18-11-14(23)5-8-16(18)24/h2-11H,1H3,(H,25,28)(H,26,29). The molecule has 0 bridgehead atoms. The monoisotopic (exact) mass is 423 g/mol. The van der Waals surface area contributed by atoms with E-state index in [1.807, 2.05) is 19.1 Å². The van der Waals surface area contributed by atoms with Crippen molar-refractivity contribution in [2.45, 2.75) is 6.92 Å². The number of aromatic nitrogens is 1. The number of hydrogen-bond acceptors (Lipinski definition) is 4. The van der Waals surface area contributed by atoms with E-state index in [0.29, 0.717) is 5.69 Å². The van der Waals surface area contributed by atoms with Gasteiger partial charge in [-0.2, -0.15) is 0 Å². The van der Waals surface area contributed by atoms with Crippen LogP contribution in [-0.4, -0.2) is 16.8 Å². The van der Waals surface area contributed by atoms with Crippen molar-refractivity contribution in [1.29, 1.82) is 0 Å². The minimum Gasteiger partial charge on any atom is -0.318 e. The molecule has 150 valence electrons. The van der Waals surface area contributed by atoms with Gasteiger partial charge in [0.25, 0.3) is 0 Å². The third-order valence-corrected chi connectivity index (χ3v) is 5.38. The van der Waals surface area contributed by atoms with Crippen molar-refractivity contribution >= 4 is 44.7 Å². The first-order valence-corrected chi connectivity index (χ1v) is 9.76. The van der Waals surface area contributed by atoms with Crippen molar-refractivity contribution in [3.05, 3.63) is 77.9 Å². The molecule has 8 heteroatoms. The Morgan fingerprint density at radius 2 is 1.63 bits per heavy atom. The number of aryl methyl sites for hydroxylation is 1. The van der Waals surface area contributed by atoms with Crippen LogP contribution in [0.3, 0.4) is 0 Å². The van der Waals surface area contributed by atoms with E-state index >= 15 is 0 Å². The zero-order valence-electron chi connectivity index (χ0n) is 15.7. The minimum absolute atomic E-state index is 0.385. The molecule has 0 aliphatic rings. The van der Waals surface area contributed by atoms with E-state index in [4.69, 9.17) is 0 Å². The smallest absolute Gasteiger partial charge is 0.314 e. The van der Waals surface area contributed by atoms with Gasteiger partial charge in [0, 0.05) is 17.3 Å². The number of benzene rings is 3. The Bertz CT molecular complexity index is 1270. The zero-order chi connectivity index (χ0) is 21.3. The van der Waals surface area contributed by atoms with Crippen molar-refractivity contribution in [3.8, 4) is 10.6 Å². The number of hydrogen-bond donors (Lipinski definition) is 2. The van der Waals surface area contributed by atoms with Gasteiger partial charge in [0.2, 0.25) is 0 Å². The van der Waals surface area contributed by atoms with Gasteiger partial charge < -0.3 is 10.6 Å². The number of anilines is 2. The van der Waals surface area contributed by atoms with Crippen LogP contribution in [0.2, 0.25) is 0 Å². The van der Waals surface area contributed by atoms with Gasteiger partial charge in [0.05, 0.1) is 15.9 Å². The van der Waals surface area contributed by atoms with Crippen molar-refractivity contribution in [2.75, 3.05) is 10.6 Å². The highest BCUT2D eigenvalue weighted by atomic mass is 32.1. The molecule has 0 fully saturated rings. The second-order valence-corrected chi connectivity index (χ2v) is 7.63. The fourth-order valence-corrected chi connectivity index (χ4v) is 3.88. The Hall–Kier alpha value is -3.65. The molecule has 4 aromatic rings. The number of fused-ring (bicyclic) bond motifs is 1. The molecule has 4 rings (SSSR count). The zero-order valence-corrected chi connectivity index (χ0v) is 16.5. The summed E-state index contributed by atoms with van der Waals surface area (Å²) in [6.07, 6.45) is 0. The summed E-state index contributed by atoms with van der Waals surface area (Å²) in [4.78, 5) is 28.6. The molecular formula is C22H15F2N3O2S. The molecule has 0 aliphatic carbocycles. The number of nitrogens with one attached hydrogen (secondary N) is 2. The highest BCUT2D eigenvalue weighted by Gasteiger charge is 2.16. The molecule has 0 spiro atoms. The molecule has 30 heavy (non-hydrogen) atoms. The summed E-state index contributed by atoms with van der Waals surface area (Å²) in [5.41, 5.74) is 2.93. The maximum atomic E-state index is 13.6. The van der Waals surface area contributed by atoms with Gasteiger partial charge in [0.15, 0.2) is 0 Å². The van der Waals surface area contributed by atoms with E-state index in [2.05, 4.69) is 21.7 Å². The van der Waals surface area contributed by atoms with Crippen molar-refractivity contribution in [2.24, 2.45) is 0 Å². The number of carbonyl (C=O) groups is 2.